The SMILES string of the molecule is CC1(O)CCC2C(CO)CCCC21C. The van der Waals surface area contributed by atoms with E-state index in [2.05, 4.69) is 6.92 Å². The van der Waals surface area contributed by atoms with Crippen LogP contribution in [0.15, 0.2) is 0 Å². The third-order valence-corrected chi connectivity index (χ3v) is 5.07. The Morgan fingerprint density at radius 3 is 2.57 bits per heavy atom. The topological polar surface area (TPSA) is 40.5 Å². The standard InChI is InChI=1S/C12H22O2/c1-11-6-3-4-9(8-13)10(11)5-7-12(11,2)14/h9-10,13-14H,3-8H2,1-2H3. The molecule has 2 rings (SSSR count). The van der Waals surface area contributed by atoms with E-state index in [9.17, 15) is 10.2 Å². The van der Waals surface area contributed by atoms with E-state index >= 15 is 0 Å². The lowest BCUT2D eigenvalue weighted by Gasteiger charge is -2.47. The second-order valence-electron chi connectivity index (χ2n) is 5.67. The number of rotatable bonds is 1. The molecule has 14 heavy (non-hydrogen) atoms. The van der Waals surface area contributed by atoms with Gasteiger partial charge in [-0.1, -0.05) is 13.3 Å². The van der Waals surface area contributed by atoms with Crippen molar-refractivity contribution in [1.29, 1.82) is 0 Å². The predicted molar refractivity (Wildman–Crippen MR) is 55.9 cm³/mol. The minimum atomic E-state index is -0.508. The van der Waals surface area contributed by atoms with E-state index in [0.29, 0.717) is 18.4 Å². The molecule has 2 N–H and O–H groups in total. The van der Waals surface area contributed by atoms with Crippen molar-refractivity contribution >= 4 is 0 Å². The summed E-state index contributed by atoms with van der Waals surface area (Å²) in [5.41, 5.74) is -0.454. The Hall–Kier alpha value is -0.0800. The van der Waals surface area contributed by atoms with Crippen LogP contribution in [0.1, 0.15) is 46.0 Å². The minimum Gasteiger partial charge on any atom is -0.396 e. The first-order valence-corrected chi connectivity index (χ1v) is 5.84. The highest BCUT2D eigenvalue weighted by molar-refractivity contribution is 5.06. The van der Waals surface area contributed by atoms with E-state index in [1.54, 1.807) is 0 Å². The van der Waals surface area contributed by atoms with Crippen molar-refractivity contribution in [2.45, 2.75) is 51.6 Å². The van der Waals surface area contributed by atoms with Gasteiger partial charge >= 0.3 is 0 Å². The van der Waals surface area contributed by atoms with Crippen LogP contribution in [0, 0.1) is 17.3 Å². The first-order chi connectivity index (χ1) is 6.51. The molecule has 2 aliphatic rings. The molecule has 0 spiro atoms. The molecule has 2 aliphatic carbocycles. The number of aliphatic hydroxyl groups excluding tert-OH is 1. The molecule has 2 fully saturated rings. The van der Waals surface area contributed by atoms with E-state index in [0.717, 1.165) is 32.1 Å². The van der Waals surface area contributed by atoms with Crippen molar-refractivity contribution in [3.05, 3.63) is 0 Å². The van der Waals surface area contributed by atoms with Gasteiger partial charge in [0.25, 0.3) is 0 Å². The van der Waals surface area contributed by atoms with Gasteiger partial charge < -0.3 is 10.2 Å². The Balaban J connectivity index is 2.26. The van der Waals surface area contributed by atoms with E-state index < -0.39 is 5.60 Å². The average Bonchev–Trinajstić information content (AvgIpc) is 2.38. The summed E-state index contributed by atoms with van der Waals surface area (Å²) >= 11 is 0. The number of fused-ring (bicyclic) bond motifs is 1. The van der Waals surface area contributed by atoms with Gasteiger partial charge in [0.2, 0.25) is 0 Å². The zero-order valence-corrected chi connectivity index (χ0v) is 9.29. The molecule has 82 valence electrons. The van der Waals surface area contributed by atoms with Crippen molar-refractivity contribution in [2.24, 2.45) is 17.3 Å². The van der Waals surface area contributed by atoms with Crippen molar-refractivity contribution in [3.8, 4) is 0 Å². The van der Waals surface area contributed by atoms with Gasteiger partial charge in [-0.3, -0.25) is 0 Å². The first-order valence-electron chi connectivity index (χ1n) is 5.84. The summed E-state index contributed by atoms with van der Waals surface area (Å²) in [4.78, 5) is 0. The molecule has 0 bridgehead atoms. The lowest BCUT2D eigenvalue weighted by atomic mass is 9.60. The molecule has 0 radical (unpaired) electrons. The quantitative estimate of drug-likeness (QED) is 0.676. The summed E-state index contributed by atoms with van der Waals surface area (Å²) in [7, 11) is 0. The molecular weight excluding hydrogens is 176 g/mol. The van der Waals surface area contributed by atoms with Gasteiger partial charge in [0.05, 0.1) is 5.60 Å². The molecule has 0 heterocycles. The van der Waals surface area contributed by atoms with Crippen LogP contribution in [0.4, 0.5) is 0 Å². The zero-order chi connectivity index (χ0) is 10.4. The lowest BCUT2D eigenvalue weighted by molar-refractivity contribution is -0.0890. The third-order valence-electron chi connectivity index (χ3n) is 5.07. The number of hydrogen-bond donors (Lipinski definition) is 2. The van der Waals surface area contributed by atoms with Crippen LogP contribution in [0.25, 0.3) is 0 Å². The van der Waals surface area contributed by atoms with Gasteiger partial charge in [0.1, 0.15) is 0 Å². The molecule has 2 heteroatoms. The average molecular weight is 198 g/mol. The normalized spacial score (nSPS) is 53.1. The highest BCUT2D eigenvalue weighted by Gasteiger charge is 2.56. The van der Waals surface area contributed by atoms with E-state index in [1.807, 2.05) is 6.92 Å². The monoisotopic (exact) mass is 198 g/mol. The van der Waals surface area contributed by atoms with Gasteiger partial charge in [-0.15, -0.1) is 0 Å². The van der Waals surface area contributed by atoms with Crippen molar-refractivity contribution in [3.63, 3.8) is 0 Å². The zero-order valence-electron chi connectivity index (χ0n) is 9.29. The van der Waals surface area contributed by atoms with Gasteiger partial charge in [0, 0.05) is 6.61 Å². The van der Waals surface area contributed by atoms with Crippen LogP contribution in [0.3, 0.4) is 0 Å². The van der Waals surface area contributed by atoms with Crippen LogP contribution in [-0.4, -0.2) is 22.4 Å². The Kier molecular flexibility index (Phi) is 2.39. The fourth-order valence-corrected chi connectivity index (χ4v) is 3.80. The summed E-state index contributed by atoms with van der Waals surface area (Å²) in [5.74, 6) is 0.971. The Morgan fingerprint density at radius 1 is 1.21 bits per heavy atom. The summed E-state index contributed by atoms with van der Waals surface area (Å²) in [5, 5.41) is 19.7. The predicted octanol–water partition coefficient (Wildman–Crippen LogP) is 1.95. The van der Waals surface area contributed by atoms with E-state index in [1.165, 1.54) is 0 Å². The highest BCUT2D eigenvalue weighted by atomic mass is 16.3. The molecular formula is C12H22O2. The first kappa shape index (κ1) is 10.4. The van der Waals surface area contributed by atoms with Gasteiger partial charge in [0.15, 0.2) is 0 Å². The molecule has 0 amide bonds. The molecule has 4 atom stereocenters. The molecule has 0 aromatic carbocycles. The number of hydrogen-bond acceptors (Lipinski definition) is 2. The summed E-state index contributed by atoms with van der Waals surface area (Å²) in [6.45, 7) is 4.50. The van der Waals surface area contributed by atoms with Crippen LogP contribution in [0.5, 0.6) is 0 Å². The maximum Gasteiger partial charge on any atom is 0.0675 e. The van der Waals surface area contributed by atoms with Gasteiger partial charge in [-0.25, -0.2) is 0 Å². The summed E-state index contributed by atoms with van der Waals surface area (Å²) in [6, 6.07) is 0. The van der Waals surface area contributed by atoms with E-state index in [4.69, 9.17) is 0 Å². The smallest absolute Gasteiger partial charge is 0.0675 e. The number of aliphatic hydroxyl groups is 2. The molecule has 2 saturated carbocycles. The Labute approximate surface area is 86.3 Å². The fraction of sp³-hybridized carbons (Fsp3) is 1.00. The highest BCUT2D eigenvalue weighted by Crippen LogP contribution is 2.58. The molecule has 2 nitrogen and oxygen atoms in total. The van der Waals surface area contributed by atoms with Gasteiger partial charge in [-0.2, -0.15) is 0 Å². The van der Waals surface area contributed by atoms with E-state index in [-0.39, 0.29) is 5.41 Å². The Bertz CT molecular complexity index is 224. The largest absolute Gasteiger partial charge is 0.396 e. The molecule has 0 aromatic rings. The third kappa shape index (κ3) is 1.24. The van der Waals surface area contributed by atoms with Crippen LogP contribution < -0.4 is 0 Å². The molecule has 0 saturated heterocycles. The second kappa shape index (κ2) is 3.21. The van der Waals surface area contributed by atoms with Crippen LogP contribution >= 0.6 is 0 Å². The maximum absolute atomic E-state index is 10.4. The minimum absolute atomic E-state index is 0.0542. The summed E-state index contributed by atoms with van der Waals surface area (Å²) in [6.07, 6.45) is 5.43. The van der Waals surface area contributed by atoms with Crippen molar-refractivity contribution < 1.29 is 10.2 Å². The van der Waals surface area contributed by atoms with Crippen LogP contribution in [0.2, 0.25) is 0 Å². The fourth-order valence-electron chi connectivity index (χ4n) is 3.80. The van der Waals surface area contributed by atoms with Crippen molar-refractivity contribution in [1.82, 2.24) is 0 Å². The second-order valence-corrected chi connectivity index (χ2v) is 5.67. The molecule has 0 aromatic heterocycles. The van der Waals surface area contributed by atoms with Gasteiger partial charge in [-0.05, 0) is 49.9 Å². The molecule has 4 unspecified atom stereocenters. The lowest BCUT2D eigenvalue weighted by Crippen LogP contribution is -2.47. The van der Waals surface area contributed by atoms with Crippen molar-refractivity contribution in [2.75, 3.05) is 6.61 Å². The van der Waals surface area contributed by atoms with Crippen LogP contribution in [-0.2, 0) is 0 Å². The maximum atomic E-state index is 10.4. The Morgan fingerprint density at radius 2 is 1.93 bits per heavy atom. The summed E-state index contributed by atoms with van der Waals surface area (Å²) < 4.78 is 0. The molecule has 0 aliphatic heterocycles.